The molecule has 0 aliphatic heterocycles. The van der Waals surface area contributed by atoms with E-state index in [1.54, 1.807) is 21.6 Å². The van der Waals surface area contributed by atoms with Gasteiger partial charge < -0.3 is 14.8 Å². The fourth-order valence-corrected chi connectivity index (χ4v) is 2.89. The monoisotopic (exact) mass is 319 g/mol. The average Bonchev–Trinajstić information content (AvgIpc) is 2.41. The van der Waals surface area contributed by atoms with Crippen LogP contribution in [0.3, 0.4) is 0 Å². The molecule has 1 amide bonds. The van der Waals surface area contributed by atoms with Crippen LogP contribution in [0, 0.1) is 17.8 Å². The van der Waals surface area contributed by atoms with Gasteiger partial charge in [-0.3, -0.25) is 4.79 Å². The average molecular weight is 319 g/mol. The van der Waals surface area contributed by atoms with Gasteiger partial charge in [0.05, 0.1) is 19.8 Å². The molecule has 20 heavy (non-hydrogen) atoms. The summed E-state index contributed by atoms with van der Waals surface area (Å²) in [6, 6.07) is 0. The van der Waals surface area contributed by atoms with Crippen LogP contribution in [-0.4, -0.2) is 44.0 Å². The van der Waals surface area contributed by atoms with Gasteiger partial charge in [-0.15, -0.1) is 0 Å². The van der Waals surface area contributed by atoms with E-state index < -0.39 is 0 Å². The van der Waals surface area contributed by atoms with Gasteiger partial charge in [-0.05, 0) is 12.7 Å². The highest BCUT2D eigenvalue weighted by Gasteiger charge is 2.06. The minimum atomic E-state index is -0.145. The van der Waals surface area contributed by atoms with Crippen LogP contribution in [0.4, 0.5) is 0 Å². The Hall–Kier alpha value is -0.350. The third-order valence-corrected chi connectivity index (χ3v) is 4.16. The number of ether oxygens (including phenoxy) is 2. The minimum Gasteiger partial charge on any atom is -0.369 e. The van der Waals surface area contributed by atoms with E-state index in [0.29, 0.717) is 25.7 Å². The lowest BCUT2D eigenvalue weighted by atomic mass is 10.2. The van der Waals surface area contributed by atoms with Gasteiger partial charge in [0.15, 0.2) is 0 Å². The molecule has 0 spiro atoms. The molecule has 0 aliphatic carbocycles. The lowest BCUT2D eigenvalue weighted by Gasteiger charge is -2.13. The van der Waals surface area contributed by atoms with E-state index in [1.807, 2.05) is 20.1 Å². The van der Waals surface area contributed by atoms with E-state index in [-0.39, 0.29) is 18.0 Å². The highest BCUT2D eigenvalue weighted by molar-refractivity contribution is 8.76. The highest BCUT2D eigenvalue weighted by Crippen LogP contribution is 2.26. The van der Waals surface area contributed by atoms with Crippen molar-refractivity contribution in [2.45, 2.75) is 32.6 Å². The van der Waals surface area contributed by atoms with Crippen molar-refractivity contribution in [1.29, 1.82) is 0 Å². The first-order valence-electron chi connectivity index (χ1n) is 6.74. The van der Waals surface area contributed by atoms with Crippen molar-refractivity contribution in [3.63, 3.8) is 0 Å². The van der Waals surface area contributed by atoms with E-state index in [2.05, 4.69) is 24.1 Å². The largest absolute Gasteiger partial charge is 0.369 e. The van der Waals surface area contributed by atoms with Crippen molar-refractivity contribution in [1.82, 2.24) is 5.32 Å². The van der Waals surface area contributed by atoms with Crippen LogP contribution >= 0.6 is 21.6 Å². The highest BCUT2D eigenvalue weighted by atomic mass is 33.1. The van der Waals surface area contributed by atoms with Gasteiger partial charge in [0.1, 0.15) is 12.0 Å². The van der Waals surface area contributed by atoms with Crippen LogP contribution in [-0.2, 0) is 14.3 Å². The Morgan fingerprint density at radius 2 is 2.10 bits per heavy atom. The summed E-state index contributed by atoms with van der Waals surface area (Å²) in [6.07, 6.45) is 2.99. The molecule has 1 N–H and O–H groups in total. The van der Waals surface area contributed by atoms with Crippen LogP contribution in [0.5, 0.6) is 0 Å². The molecule has 0 heterocycles. The second-order valence-electron chi connectivity index (χ2n) is 4.28. The molecule has 116 valence electrons. The van der Waals surface area contributed by atoms with Gasteiger partial charge in [-0.25, -0.2) is 0 Å². The summed E-state index contributed by atoms with van der Waals surface area (Å²) in [5.41, 5.74) is 0.189. The molecule has 1 atom stereocenters. The third kappa shape index (κ3) is 12.7. The van der Waals surface area contributed by atoms with Crippen molar-refractivity contribution < 1.29 is 14.3 Å². The fraction of sp³-hybridized carbons (Fsp3) is 0.786. The molecular weight excluding hydrogens is 294 g/mol. The molecule has 0 saturated carbocycles. The van der Waals surface area contributed by atoms with Crippen molar-refractivity contribution in [3.05, 3.63) is 0 Å². The Labute approximate surface area is 130 Å². The zero-order chi connectivity index (χ0) is 15.2. The van der Waals surface area contributed by atoms with E-state index in [0.717, 1.165) is 6.42 Å². The molecule has 4 nitrogen and oxygen atoms in total. The molecule has 0 radical (unpaired) electrons. The van der Waals surface area contributed by atoms with Crippen LogP contribution in [0.25, 0.3) is 0 Å². The summed E-state index contributed by atoms with van der Waals surface area (Å²) < 4.78 is 10.8. The zero-order valence-electron chi connectivity index (χ0n) is 12.7. The third-order valence-electron chi connectivity index (χ3n) is 2.07. The molecule has 0 aliphatic rings. The molecule has 0 rings (SSSR count). The Balaban J connectivity index is 3.51. The van der Waals surface area contributed by atoms with Gasteiger partial charge in [0.2, 0.25) is 5.91 Å². The minimum absolute atomic E-state index is 0.0547. The Morgan fingerprint density at radius 1 is 1.35 bits per heavy atom. The van der Waals surface area contributed by atoms with Gasteiger partial charge >= 0.3 is 0 Å². The number of carbonyl (C=O) groups is 1. The first kappa shape index (κ1) is 19.7. The summed E-state index contributed by atoms with van der Waals surface area (Å²) in [5, 5.41) is 2.68. The van der Waals surface area contributed by atoms with Crippen molar-refractivity contribution in [2.24, 2.45) is 5.92 Å². The SMILES string of the molecule is CCC(OCCOCC(=O)NCC#CC(C)C)SSC. The topological polar surface area (TPSA) is 47.6 Å². The number of rotatable bonds is 10. The quantitative estimate of drug-likeness (QED) is 0.290. The van der Waals surface area contributed by atoms with Crippen LogP contribution in [0.2, 0.25) is 0 Å². The van der Waals surface area contributed by atoms with Crippen LogP contribution in [0.1, 0.15) is 27.2 Å². The van der Waals surface area contributed by atoms with Crippen molar-refractivity contribution >= 4 is 27.5 Å². The molecule has 6 heteroatoms. The standard InChI is InChI=1S/C14H25NO3S2/c1-5-14(20-19-4)18-10-9-17-11-13(16)15-8-6-7-12(2)3/h12,14H,5,8-11H2,1-4H3,(H,15,16). The number of amides is 1. The maximum atomic E-state index is 11.4. The number of hydrogen-bond donors (Lipinski definition) is 1. The predicted molar refractivity (Wildman–Crippen MR) is 87.6 cm³/mol. The van der Waals surface area contributed by atoms with Gasteiger partial charge in [-0.1, -0.05) is 54.2 Å². The summed E-state index contributed by atoms with van der Waals surface area (Å²) in [4.78, 5) is 11.4. The fourth-order valence-electron chi connectivity index (χ4n) is 1.17. The molecule has 0 saturated heterocycles. The number of hydrogen-bond acceptors (Lipinski definition) is 5. The molecule has 1 unspecified atom stereocenters. The molecular formula is C14H25NO3S2. The summed E-state index contributed by atoms with van der Waals surface area (Å²) >= 11 is 0. The van der Waals surface area contributed by atoms with E-state index in [4.69, 9.17) is 9.47 Å². The molecule has 0 fully saturated rings. The normalized spacial score (nSPS) is 11.8. The molecule has 0 aromatic carbocycles. The number of nitrogens with one attached hydrogen (secondary N) is 1. The Kier molecular flexibility index (Phi) is 13.4. The molecule has 0 aromatic rings. The van der Waals surface area contributed by atoms with Gasteiger partial charge in [0.25, 0.3) is 0 Å². The van der Waals surface area contributed by atoms with Crippen LogP contribution < -0.4 is 5.32 Å². The predicted octanol–water partition coefficient (Wildman–Crippen LogP) is 2.54. The van der Waals surface area contributed by atoms with E-state index >= 15 is 0 Å². The van der Waals surface area contributed by atoms with E-state index in [9.17, 15) is 4.79 Å². The van der Waals surface area contributed by atoms with E-state index in [1.165, 1.54) is 0 Å². The van der Waals surface area contributed by atoms with Gasteiger partial charge in [0, 0.05) is 5.92 Å². The molecule has 0 aromatic heterocycles. The Bertz CT molecular complexity index is 313. The summed E-state index contributed by atoms with van der Waals surface area (Å²) in [5.74, 6) is 6.04. The van der Waals surface area contributed by atoms with Crippen molar-refractivity contribution in [2.75, 3.05) is 32.6 Å². The lowest BCUT2D eigenvalue weighted by molar-refractivity contribution is -0.126. The summed E-state index contributed by atoms with van der Waals surface area (Å²) in [7, 11) is 3.39. The Morgan fingerprint density at radius 3 is 2.70 bits per heavy atom. The lowest BCUT2D eigenvalue weighted by Crippen LogP contribution is -2.28. The second kappa shape index (κ2) is 13.6. The maximum Gasteiger partial charge on any atom is 0.246 e. The first-order chi connectivity index (χ1) is 9.60. The number of carbonyl (C=O) groups excluding carboxylic acids is 1. The summed E-state index contributed by atoms with van der Waals surface area (Å²) in [6.45, 7) is 7.47. The second-order valence-corrected chi connectivity index (χ2v) is 6.91. The maximum absolute atomic E-state index is 11.4. The van der Waals surface area contributed by atoms with Crippen molar-refractivity contribution in [3.8, 4) is 11.8 Å². The zero-order valence-corrected chi connectivity index (χ0v) is 14.4. The molecule has 0 bridgehead atoms. The first-order valence-corrected chi connectivity index (χ1v) is 9.36. The van der Waals surface area contributed by atoms with Gasteiger partial charge in [-0.2, -0.15) is 0 Å². The van der Waals surface area contributed by atoms with Crippen LogP contribution in [0.15, 0.2) is 0 Å². The smallest absolute Gasteiger partial charge is 0.246 e.